The van der Waals surface area contributed by atoms with Gasteiger partial charge in [0.2, 0.25) is 68.2 Å². The quantitative estimate of drug-likeness (QED) is 0.00751. The Morgan fingerprint density at radius 3 is 1.21 bits per heavy atom. The maximum Gasteiger partial charge on any atom is 0.490 e. The molecule has 11 N–H and O–H groups in total. The lowest BCUT2D eigenvalue weighted by molar-refractivity contribution is -0.126. The Bertz CT molecular complexity index is 7000. The molecule has 3 unspecified atom stereocenters. The normalized spacial score (nSPS) is 15.4. The minimum absolute atomic E-state index is 0.00516. The van der Waals surface area contributed by atoms with Crippen LogP contribution in [0.1, 0.15) is 106 Å². The molecule has 3 atom stereocenters. The summed E-state index contributed by atoms with van der Waals surface area (Å²) in [7, 11) is -12.3. The molecule has 2 saturated heterocycles. The van der Waals surface area contributed by atoms with Crippen LogP contribution in [0.15, 0.2) is 129 Å². The van der Waals surface area contributed by atoms with Crippen molar-refractivity contribution in [3.8, 4) is 11.1 Å². The SMILES string of the molecule is CCCS(=O)(=O)Cl.O=C(CNC(=O)C(c1nc2cc(F)c(-c3ccc(F)nc3)cc2s1)S(=O)(=O)CCN1CCOCC1)NC1CC1.O=C(CNC(=O)C(c1nc2cc(F)c(Br)cc2s1)S(=O)(=O)CCN1CCOCC1)NC1CC1.O=C(CNC(=O)C(c1nc2cc(F)c(Br)cc2s1)S(=O)(=O)CCNC(=O)OCc1ccccc1)NC1CC1.O=C(Cc1nc2cc(F)c(Br)cc2s1)NCC(=O)NC1CC1.OB(O)c1ccc(F)nc1. The number of nitrogens with zero attached hydrogens (tertiary/aromatic N) is 8. The van der Waals surface area contributed by atoms with Gasteiger partial charge in [-0.1, -0.05) is 43.3 Å². The second kappa shape index (κ2) is 55.0. The van der Waals surface area contributed by atoms with Crippen molar-refractivity contribution in [2.45, 2.75) is 118 Å². The molecule has 17 rings (SSSR count). The van der Waals surface area contributed by atoms with Crippen LogP contribution in [0.4, 0.5) is 31.1 Å². The number of amides is 9. The van der Waals surface area contributed by atoms with Crippen LogP contribution in [0.3, 0.4) is 0 Å². The second-order valence-corrected chi connectivity index (χ2v) is 50.7. The van der Waals surface area contributed by atoms with Crippen molar-refractivity contribution in [2.24, 2.45) is 0 Å². The fourth-order valence-corrected chi connectivity index (χ4v) is 26.3. The van der Waals surface area contributed by atoms with E-state index in [2.05, 4.69) is 126 Å². The van der Waals surface area contributed by atoms with Crippen molar-refractivity contribution < 1.29 is 127 Å². The number of carbonyl (C=O) groups is 9. The monoisotopic (exact) mass is 2440 g/mol. The molecule has 0 spiro atoms. The van der Waals surface area contributed by atoms with Crippen LogP contribution >= 0.6 is 104 Å². The number of aromatic nitrogens is 6. The summed E-state index contributed by atoms with van der Waals surface area (Å²) in [5.74, 6) is -8.88. The number of morpholine rings is 2. The predicted molar refractivity (Wildman–Crippen MR) is 558 cm³/mol. The van der Waals surface area contributed by atoms with E-state index in [9.17, 15) is 103 Å². The van der Waals surface area contributed by atoms with Crippen molar-refractivity contribution in [1.29, 1.82) is 0 Å². The van der Waals surface area contributed by atoms with Gasteiger partial charge in [-0.25, -0.2) is 85.9 Å². The average molecular weight is 2440 g/mol. The summed E-state index contributed by atoms with van der Waals surface area (Å²) in [4.78, 5) is 139. The number of hydrogen-bond acceptors (Lipinski definition) is 34. The summed E-state index contributed by atoms with van der Waals surface area (Å²) in [6, 6.07) is 25.2. The summed E-state index contributed by atoms with van der Waals surface area (Å²) >= 11 is 13.5. The zero-order chi connectivity index (χ0) is 108. The van der Waals surface area contributed by atoms with Crippen molar-refractivity contribution in [1.82, 2.24) is 87.6 Å². The summed E-state index contributed by atoms with van der Waals surface area (Å²) in [5.41, 5.74) is 2.58. The van der Waals surface area contributed by atoms with Crippen LogP contribution in [-0.2, 0) is 104 Å². The molecule has 11 aromatic rings. The molecule has 5 aromatic carbocycles. The topological polar surface area (TPSA) is 550 Å². The highest BCUT2D eigenvalue weighted by Crippen LogP contribution is 2.40. The lowest BCUT2D eigenvalue weighted by atomic mass is 9.82. The highest BCUT2D eigenvalue weighted by atomic mass is 79.9. The van der Waals surface area contributed by atoms with Crippen LogP contribution in [0.25, 0.3) is 52.0 Å². The van der Waals surface area contributed by atoms with Gasteiger partial charge in [0.05, 0.1) is 136 Å². The third kappa shape index (κ3) is 37.7. The van der Waals surface area contributed by atoms with Gasteiger partial charge in [-0.15, -0.1) is 45.3 Å². The number of rotatable bonds is 38. The maximum atomic E-state index is 14.9. The van der Waals surface area contributed by atoms with Gasteiger partial charge in [-0.2, -0.15) is 8.78 Å². The number of sulfone groups is 3. The van der Waals surface area contributed by atoms with Gasteiger partial charge in [-0.05, 0) is 154 Å². The van der Waals surface area contributed by atoms with Crippen LogP contribution in [-0.4, -0.2) is 289 Å². The van der Waals surface area contributed by atoms with E-state index in [0.29, 0.717) is 93.7 Å². The molecule has 0 bridgehead atoms. The third-order valence-electron chi connectivity index (χ3n) is 22.1. The fraction of sp³-hybridized carbons (Fsp3) is 0.418. The van der Waals surface area contributed by atoms with E-state index in [1.165, 1.54) is 60.0 Å². The fourth-order valence-electron chi connectivity index (χ4n) is 13.8. The van der Waals surface area contributed by atoms with Crippen molar-refractivity contribution in [3.63, 3.8) is 0 Å². The Morgan fingerprint density at radius 1 is 0.463 bits per heavy atom. The summed E-state index contributed by atoms with van der Waals surface area (Å²) in [6.45, 7) is 5.20. The molecule has 58 heteroatoms. The number of benzene rings is 5. The molecule has 802 valence electrons. The highest BCUT2D eigenvalue weighted by molar-refractivity contribution is 9.11. The zero-order valence-electron chi connectivity index (χ0n) is 79.0. The Hall–Kier alpha value is -10.1. The first-order valence-electron chi connectivity index (χ1n) is 46.2. The van der Waals surface area contributed by atoms with Gasteiger partial charge < -0.3 is 72.1 Å². The minimum Gasteiger partial charge on any atom is -0.445 e. The van der Waals surface area contributed by atoms with Crippen molar-refractivity contribution in [2.75, 3.05) is 121 Å². The summed E-state index contributed by atoms with van der Waals surface area (Å²) < 4.78 is 201. The maximum absolute atomic E-state index is 14.9. The van der Waals surface area contributed by atoms with E-state index in [1.54, 1.807) is 37.3 Å². The molecule has 4 saturated carbocycles. The zero-order valence-corrected chi connectivity index (χ0v) is 91.0. The number of ether oxygens (including phenoxy) is 3. The molecule has 0 radical (unpaired) electrons. The molecule has 39 nitrogen and oxygen atoms in total. The first-order valence-corrected chi connectivity index (χ1v) is 59.4. The van der Waals surface area contributed by atoms with Gasteiger partial charge in [-0.3, -0.25) is 48.2 Å². The third-order valence-corrected chi connectivity index (χ3v) is 35.8. The number of alkyl carbamates (subject to hydrolysis) is 1. The van der Waals surface area contributed by atoms with Gasteiger partial charge in [0, 0.05) is 134 Å². The standard InChI is InChI=1S/C25H27F2N5O5S2.C24H24BrFN4O6S2.C20H24BrFN4O5S2.C14H13BrFN3O2S.C5H5BFNO2.C3H7ClO2S/c26-18-12-19-20(11-17(18)15-1-4-21(27)28-13-15)38-25(31-19)23(24(34)29-14-22(33)30-16-2-3-16)39(35,36)10-7-32-5-8-37-9-6-32;25-16-10-19-18(11-17(16)26)30-23(37-19)21(22(32)28-12-20(31)29-15-6-7-15)38(34,35)9-8-27-24(33)36-13-14-4-2-1-3-5-14;21-13-9-16-15(10-14(13)22)25-20(32-16)18(19(28)23-11-17(27)24-12-1-2-12)33(29,30)8-5-26-3-6-31-7-4-26;15-8-3-11-10(4-9(8)16)19-14(22-11)5-12(20)17-6-13(21)18-7-1-2-7;7-5-2-1-4(3-8-5)6(9)10;1-2-3-7(4,5)6/h1,4,11-13,16,23H,2-3,5-10,14H2,(H,29,34)(H,30,33);1-5,10-11,15,21H,6-9,12-13H2,(H,27,33)(H,28,32)(H,29,31);9-10,12,18H,1-8,11H2,(H,23,28)(H,24,27);3-4,7H,1-2,5-6H2,(H,17,20)(H,18,21);1-3,9-10H;2-3H2,1H3. The first-order chi connectivity index (χ1) is 70.8. The Balaban J connectivity index is 0.000000169. The number of pyridine rings is 2. The number of halogens is 10. The second-order valence-electron chi connectivity index (χ2n) is 34.3. The average Bonchev–Trinajstić information content (AvgIpc) is 1.63. The van der Waals surface area contributed by atoms with Gasteiger partial charge in [0.15, 0.2) is 45.3 Å². The van der Waals surface area contributed by atoms with Crippen LogP contribution in [0.5, 0.6) is 0 Å². The van der Waals surface area contributed by atoms with E-state index in [0.717, 1.165) is 126 Å². The minimum atomic E-state index is -4.24. The lowest BCUT2D eigenvalue weighted by Gasteiger charge is -2.27. The van der Waals surface area contributed by atoms with Crippen LogP contribution < -0.4 is 53.3 Å². The smallest absolute Gasteiger partial charge is 0.445 e. The highest BCUT2D eigenvalue weighted by Gasteiger charge is 2.42. The van der Waals surface area contributed by atoms with E-state index in [-0.39, 0.29) is 169 Å². The molecule has 9 amide bonds. The molecule has 6 aliphatic rings. The summed E-state index contributed by atoms with van der Waals surface area (Å²) in [5, 5.41) is 35.7. The number of fused-ring (bicyclic) bond motifs is 4. The molecule has 2 aliphatic heterocycles. The Morgan fingerprint density at radius 2 is 0.839 bits per heavy atom. The van der Waals surface area contributed by atoms with Gasteiger partial charge >= 0.3 is 13.2 Å². The van der Waals surface area contributed by atoms with E-state index in [4.69, 9.17) is 34.9 Å². The number of thiazole rings is 4. The molecule has 6 fully saturated rings. The van der Waals surface area contributed by atoms with Gasteiger partial charge in [0.25, 0.3) is 0 Å². The van der Waals surface area contributed by atoms with Crippen LogP contribution in [0, 0.1) is 35.2 Å². The molecule has 149 heavy (non-hydrogen) atoms. The Labute approximate surface area is 896 Å². The molecule has 4 aliphatic carbocycles. The van der Waals surface area contributed by atoms with Crippen LogP contribution in [0.2, 0.25) is 0 Å². The largest absolute Gasteiger partial charge is 0.490 e. The molecule has 6 aromatic heterocycles. The molecule has 8 heterocycles. The summed E-state index contributed by atoms with van der Waals surface area (Å²) in [6.07, 6.45) is 9.39. The number of carbonyl (C=O) groups excluding carboxylic acids is 9. The van der Waals surface area contributed by atoms with Crippen molar-refractivity contribution >= 4 is 249 Å². The molecular weight excluding hydrogens is 2340 g/mol. The Kier molecular flexibility index (Phi) is 43.4. The van der Waals surface area contributed by atoms with E-state index in [1.807, 2.05) is 15.9 Å². The van der Waals surface area contributed by atoms with Crippen molar-refractivity contribution in [3.05, 3.63) is 190 Å². The number of nitrogens with one attached hydrogen (secondary N) is 9. The van der Waals surface area contributed by atoms with E-state index < -0.39 is 139 Å². The number of hydrogen-bond donors (Lipinski definition) is 11. The molecular formula is C91H100BBr3ClF6N17O22S8. The lowest BCUT2D eigenvalue weighted by Crippen LogP contribution is -2.43. The van der Waals surface area contributed by atoms with E-state index >= 15 is 0 Å². The predicted octanol–water partition coefficient (Wildman–Crippen LogP) is 8.18. The van der Waals surface area contributed by atoms with Gasteiger partial charge in [0.1, 0.15) is 49.9 Å². The first kappa shape index (κ1) is 118.